The highest BCUT2D eigenvalue weighted by Crippen LogP contribution is 2.08. The van der Waals surface area contributed by atoms with E-state index in [-0.39, 0.29) is 6.61 Å². The minimum atomic E-state index is 0.0156. The van der Waals surface area contributed by atoms with Crippen molar-refractivity contribution < 1.29 is 5.11 Å². The van der Waals surface area contributed by atoms with Crippen LogP contribution in [0.3, 0.4) is 0 Å². The van der Waals surface area contributed by atoms with Crippen LogP contribution in [0.25, 0.3) is 0 Å². The van der Waals surface area contributed by atoms with Crippen LogP contribution in [0.1, 0.15) is 11.3 Å². The van der Waals surface area contributed by atoms with Gasteiger partial charge in [-0.3, -0.25) is 4.98 Å². The predicted molar refractivity (Wildman–Crippen MR) is 42.8 cm³/mol. The van der Waals surface area contributed by atoms with Crippen LogP contribution >= 0.6 is 15.9 Å². The molecule has 0 aliphatic carbocycles. The Morgan fingerprint density at radius 2 is 2.40 bits per heavy atom. The quantitative estimate of drug-likeness (QED) is 0.736. The fourth-order valence-electron chi connectivity index (χ4n) is 0.735. The molecule has 0 aliphatic rings. The fraction of sp³-hybridized carbons (Fsp3) is 0.286. The lowest BCUT2D eigenvalue weighted by Gasteiger charge is -1.99. The Morgan fingerprint density at radius 1 is 1.60 bits per heavy atom. The number of aromatic nitrogens is 1. The van der Waals surface area contributed by atoms with Gasteiger partial charge in [0.05, 0.1) is 12.3 Å². The number of hydrogen-bond donors (Lipinski definition) is 1. The molecule has 0 fully saturated rings. The number of halogens is 1. The van der Waals surface area contributed by atoms with Crippen LogP contribution in [-0.4, -0.2) is 10.1 Å². The van der Waals surface area contributed by atoms with Crippen molar-refractivity contribution in [2.75, 3.05) is 0 Å². The minimum absolute atomic E-state index is 0.0156. The molecule has 0 bridgehead atoms. The molecule has 0 saturated carbocycles. The van der Waals surface area contributed by atoms with Gasteiger partial charge in [0.15, 0.2) is 0 Å². The summed E-state index contributed by atoms with van der Waals surface area (Å²) in [5, 5.41) is 9.51. The SMILES string of the molecule is OCc1ncccc1CBr. The van der Waals surface area contributed by atoms with Crippen molar-refractivity contribution in [1.82, 2.24) is 4.98 Å². The van der Waals surface area contributed by atoms with Crippen LogP contribution in [-0.2, 0) is 11.9 Å². The van der Waals surface area contributed by atoms with Gasteiger partial charge in [0.1, 0.15) is 0 Å². The molecule has 0 radical (unpaired) electrons. The number of aliphatic hydroxyl groups is 1. The van der Waals surface area contributed by atoms with Gasteiger partial charge in [-0.1, -0.05) is 22.0 Å². The summed E-state index contributed by atoms with van der Waals surface area (Å²) in [7, 11) is 0. The van der Waals surface area contributed by atoms with Crippen LogP contribution in [0.5, 0.6) is 0 Å². The highest BCUT2D eigenvalue weighted by molar-refractivity contribution is 9.08. The first kappa shape index (κ1) is 7.69. The summed E-state index contributed by atoms with van der Waals surface area (Å²) in [5.41, 5.74) is 1.80. The molecule has 3 heteroatoms. The standard InChI is InChI=1S/C7H8BrNO/c8-4-6-2-1-3-9-7(6)5-10/h1-3,10H,4-5H2. The van der Waals surface area contributed by atoms with E-state index in [1.807, 2.05) is 12.1 Å². The summed E-state index contributed by atoms with van der Waals surface area (Å²) < 4.78 is 0. The predicted octanol–water partition coefficient (Wildman–Crippen LogP) is 1.47. The van der Waals surface area contributed by atoms with E-state index < -0.39 is 0 Å². The third kappa shape index (κ3) is 1.55. The highest BCUT2D eigenvalue weighted by atomic mass is 79.9. The summed E-state index contributed by atoms with van der Waals surface area (Å²) >= 11 is 3.30. The second-order valence-electron chi connectivity index (χ2n) is 1.90. The zero-order chi connectivity index (χ0) is 7.40. The second kappa shape index (κ2) is 3.68. The zero-order valence-corrected chi connectivity index (χ0v) is 7.00. The summed E-state index contributed by atoms with van der Waals surface area (Å²) in [6.07, 6.45) is 1.68. The van der Waals surface area contributed by atoms with Crippen molar-refractivity contribution in [3.8, 4) is 0 Å². The molecule has 0 spiro atoms. The highest BCUT2D eigenvalue weighted by Gasteiger charge is 1.97. The van der Waals surface area contributed by atoms with Crippen molar-refractivity contribution in [3.05, 3.63) is 29.6 Å². The molecular formula is C7H8BrNO. The Morgan fingerprint density at radius 3 is 2.90 bits per heavy atom. The van der Waals surface area contributed by atoms with E-state index in [0.717, 1.165) is 16.6 Å². The first-order chi connectivity index (χ1) is 4.88. The number of alkyl halides is 1. The molecule has 1 N–H and O–H groups in total. The molecule has 1 aromatic rings. The molecule has 1 aromatic heterocycles. The van der Waals surface area contributed by atoms with E-state index >= 15 is 0 Å². The third-order valence-electron chi connectivity index (χ3n) is 1.28. The van der Waals surface area contributed by atoms with Gasteiger partial charge in [-0.05, 0) is 11.6 Å². The lowest BCUT2D eigenvalue weighted by molar-refractivity contribution is 0.276. The van der Waals surface area contributed by atoms with Gasteiger partial charge in [0.2, 0.25) is 0 Å². The summed E-state index contributed by atoms with van der Waals surface area (Å²) in [6.45, 7) is 0.0156. The van der Waals surface area contributed by atoms with Gasteiger partial charge >= 0.3 is 0 Å². The van der Waals surface area contributed by atoms with Gasteiger partial charge in [-0.15, -0.1) is 0 Å². The molecule has 0 amide bonds. The minimum Gasteiger partial charge on any atom is -0.390 e. The Balaban J connectivity index is 2.96. The number of nitrogens with zero attached hydrogens (tertiary/aromatic N) is 1. The van der Waals surface area contributed by atoms with E-state index in [1.54, 1.807) is 6.20 Å². The maximum Gasteiger partial charge on any atom is 0.0856 e. The van der Waals surface area contributed by atoms with Crippen molar-refractivity contribution >= 4 is 15.9 Å². The van der Waals surface area contributed by atoms with Crippen molar-refractivity contribution in [3.63, 3.8) is 0 Å². The van der Waals surface area contributed by atoms with Crippen molar-refractivity contribution in [2.24, 2.45) is 0 Å². The van der Waals surface area contributed by atoms with Gasteiger partial charge in [0, 0.05) is 11.5 Å². The average molecular weight is 202 g/mol. The number of hydrogen-bond acceptors (Lipinski definition) is 2. The third-order valence-corrected chi connectivity index (χ3v) is 1.88. The van der Waals surface area contributed by atoms with Crippen molar-refractivity contribution in [2.45, 2.75) is 11.9 Å². The lowest BCUT2D eigenvalue weighted by Crippen LogP contribution is -1.93. The Hall–Kier alpha value is -0.410. The van der Waals surface area contributed by atoms with Crippen LogP contribution in [0.15, 0.2) is 18.3 Å². The van der Waals surface area contributed by atoms with Gasteiger partial charge in [-0.2, -0.15) is 0 Å². The molecular weight excluding hydrogens is 194 g/mol. The molecule has 54 valence electrons. The van der Waals surface area contributed by atoms with E-state index in [9.17, 15) is 0 Å². The molecule has 2 nitrogen and oxygen atoms in total. The maximum absolute atomic E-state index is 8.77. The van der Waals surface area contributed by atoms with Crippen LogP contribution in [0.4, 0.5) is 0 Å². The molecule has 0 saturated heterocycles. The molecule has 0 unspecified atom stereocenters. The molecule has 0 aromatic carbocycles. The van der Waals surface area contributed by atoms with Crippen LogP contribution in [0, 0.1) is 0 Å². The summed E-state index contributed by atoms with van der Waals surface area (Å²) in [4.78, 5) is 3.99. The van der Waals surface area contributed by atoms with Crippen molar-refractivity contribution in [1.29, 1.82) is 0 Å². The Bertz CT molecular complexity index is 192. The van der Waals surface area contributed by atoms with Gasteiger partial charge < -0.3 is 5.11 Å². The Kier molecular flexibility index (Phi) is 2.83. The molecule has 1 heterocycles. The van der Waals surface area contributed by atoms with E-state index in [4.69, 9.17) is 5.11 Å². The van der Waals surface area contributed by atoms with Crippen LogP contribution in [0.2, 0.25) is 0 Å². The first-order valence-corrected chi connectivity index (χ1v) is 4.10. The van der Waals surface area contributed by atoms with E-state index in [0.29, 0.717) is 0 Å². The smallest absolute Gasteiger partial charge is 0.0856 e. The molecule has 0 aliphatic heterocycles. The summed E-state index contributed by atoms with van der Waals surface area (Å²) in [5.74, 6) is 0. The number of rotatable bonds is 2. The molecule has 1 rings (SSSR count). The molecule has 0 atom stereocenters. The number of aliphatic hydroxyl groups excluding tert-OH is 1. The van der Waals surface area contributed by atoms with E-state index in [1.165, 1.54) is 0 Å². The Labute approximate surface area is 68.0 Å². The van der Waals surface area contributed by atoms with Gasteiger partial charge in [-0.25, -0.2) is 0 Å². The molecule has 10 heavy (non-hydrogen) atoms. The monoisotopic (exact) mass is 201 g/mol. The fourth-order valence-corrected chi connectivity index (χ4v) is 1.25. The summed E-state index contributed by atoms with van der Waals surface area (Å²) in [6, 6.07) is 3.79. The van der Waals surface area contributed by atoms with E-state index in [2.05, 4.69) is 20.9 Å². The van der Waals surface area contributed by atoms with Gasteiger partial charge in [0.25, 0.3) is 0 Å². The average Bonchev–Trinajstić information content (AvgIpc) is 2.04. The van der Waals surface area contributed by atoms with Crippen LogP contribution < -0.4 is 0 Å². The normalized spacial score (nSPS) is 9.80. The number of pyridine rings is 1. The maximum atomic E-state index is 8.77. The second-order valence-corrected chi connectivity index (χ2v) is 2.46. The lowest BCUT2D eigenvalue weighted by atomic mass is 10.2. The first-order valence-electron chi connectivity index (χ1n) is 2.98. The zero-order valence-electron chi connectivity index (χ0n) is 5.42. The topological polar surface area (TPSA) is 33.1 Å². The largest absolute Gasteiger partial charge is 0.390 e.